The highest BCUT2D eigenvalue weighted by Crippen LogP contribution is 2.47. The molecule has 14 nitrogen and oxygen atoms in total. The maximum Gasteiger partial charge on any atom is 0.411 e. The molecular formula is C44H52F3N5O9S. The molecule has 1 aromatic heterocycles. The number of allylic oxidation sites excluding steroid dienone is 1. The molecule has 3 heterocycles. The van der Waals surface area contributed by atoms with E-state index in [1.807, 2.05) is 49.4 Å². The molecule has 0 bridgehead atoms. The fourth-order valence-corrected chi connectivity index (χ4v) is 10.2. The van der Waals surface area contributed by atoms with Crippen LogP contribution in [0.3, 0.4) is 0 Å². The number of carbonyl (C=O) groups is 4. The minimum absolute atomic E-state index is 0.0509. The second-order valence-electron chi connectivity index (χ2n) is 17.7. The average molecular weight is 884 g/mol. The first kappa shape index (κ1) is 44.7. The predicted octanol–water partition coefficient (Wildman–Crippen LogP) is 6.44. The lowest BCUT2D eigenvalue weighted by atomic mass is 9.85. The molecule has 18 heteroatoms. The van der Waals surface area contributed by atoms with Gasteiger partial charge in [0.2, 0.25) is 27.7 Å². The summed E-state index contributed by atoms with van der Waals surface area (Å²) in [5.41, 5.74) is -3.48. The van der Waals surface area contributed by atoms with Crippen LogP contribution in [0, 0.1) is 17.8 Å². The Labute approximate surface area is 358 Å². The van der Waals surface area contributed by atoms with Crippen LogP contribution in [0.4, 0.5) is 18.0 Å². The van der Waals surface area contributed by atoms with Gasteiger partial charge >= 0.3 is 12.3 Å². The number of ether oxygens (including phenoxy) is 2. The maximum atomic E-state index is 15.2. The van der Waals surface area contributed by atoms with E-state index in [-0.39, 0.29) is 42.5 Å². The van der Waals surface area contributed by atoms with E-state index in [1.165, 1.54) is 14.0 Å². The minimum atomic E-state index is -5.10. The number of benzene rings is 2. The third-order valence-corrected chi connectivity index (χ3v) is 14.5. The summed E-state index contributed by atoms with van der Waals surface area (Å²) < 4.78 is 84.5. The Hall–Kier alpha value is -5.39. The van der Waals surface area contributed by atoms with Crippen molar-refractivity contribution in [2.75, 3.05) is 13.7 Å². The highest BCUT2D eigenvalue weighted by Gasteiger charge is 2.63. The number of rotatable bonds is 9. The van der Waals surface area contributed by atoms with Crippen LogP contribution in [0.1, 0.15) is 72.6 Å². The van der Waals surface area contributed by atoms with Crippen LogP contribution in [0.15, 0.2) is 66.7 Å². The quantitative estimate of drug-likeness (QED) is 0.202. The summed E-state index contributed by atoms with van der Waals surface area (Å²) in [6.45, 7) is 4.40. The van der Waals surface area contributed by atoms with Gasteiger partial charge in [0.1, 0.15) is 35.0 Å². The van der Waals surface area contributed by atoms with Crippen molar-refractivity contribution in [1.82, 2.24) is 24.8 Å². The van der Waals surface area contributed by atoms with E-state index in [1.54, 1.807) is 24.3 Å². The van der Waals surface area contributed by atoms with Gasteiger partial charge in [-0.3, -0.25) is 24.0 Å². The number of methoxy groups -OCH3 is 1. The summed E-state index contributed by atoms with van der Waals surface area (Å²) in [5.74, 6) is -3.95. The summed E-state index contributed by atoms with van der Waals surface area (Å²) in [5, 5.41) is 13.8. The van der Waals surface area contributed by atoms with Gasteiger partial charge in [0.25, 0.3) is 5.91 Å². The van der Waals surface area contributed by atoms with Gasteiger partial charge in [0.05, 0.1) is 24.6 Å². The first-order valence-corrected chi connectivity index (χ1v) is 22.4. The zero-order valence-electron chi connectivity index (χ0n) is 35.1. The number of carbonyl (C=O) groups excluding carboxylic acids is 3. The summed E-state index contributed by atoms with van der Waals surface area (Å²) in [7, 11) is -2.51. The number of hydrogen-bond acceptors (Lipinski definition) is 9. The van der Waals surface area contributed by atoms with Crippen LogP contribution in [0.2, 0.25) is 0 Å². The van der Waals surface area contributed by atoms with Crippen LogP contribution >= 0.6 is 0 Å². The summed E-state index contributed by atoms with van der Waals surface area (Å²) in [4.78, 5) is 62.8. The molecular weight excluding hydrogens is 832 g/mol. The average Bonchev–Trinajstić information content (AvgIpc) is 4.14. The largest absolute Gasteiger partial charge is 0.497 e. The van der Waals surface area contributed by atoms with Gasteiger partial charge in [-0.2, -0.15) is 13.2 Å². The fraction of sp³-hybridized carbons (Fsp3) is 0.523. The molecule has 7 atom stereocenters. The number of nitrogens with one attached hydrogen (secondary N) is 2. The molecule has 2 aliphatic carbocycles. The Kier molecular flexibility index (Phi) is 12.0. The molecule has 62 heavy (non-hydrogen) atoms. The zero-order valence-corrected chi connectivity index (χ0v) is 36.0. The van der Waals surface area contributed by atoms with Gasteiger partial charge in [-0.15, -0.1) is 0 Å². The first-order valence-electron chi connectivity index (χ1n) is 20.8. The molecule has 7 rings (SSSR count). The highest BCUT2D eigenvalue weighted by atomic mass is 32.2. The number of alkyl halides is 3. The normalized spacial score (nSPS) is 27.3. The second kappa shape index (κ2) is 16.7. The number of pyridine rings is 1. The molecule has 2 saturated carbocycles. The van der Waals surface area contributed by atoms with Gasteiger partial charge in [-0.05, 0) is 93.9 Å². The summed E-state index contributed by atoms with van der Waals surface area (Å²) in [6.07, 6.45) is -2.84. The van der Waals surface area contributed by atoms with Crippen LogP contribution in [0.25, 0.3) is 22.0 Å². The van der Waals surface area contributed by atoms with Crippen molar-refractivity contribution in [3.8, 4) is 22.9 Å². The fourth-order valence-electron chi connectivity index (χ4n) is 8.82. The number of nitrogens with zero attached hydrogens (tertiary/aromatic N) is 3. The molecule has 4 aliphatic rings. The predicted molar refractivity (Wildman–Crippen MR) is 222 cm³/mol. The van der Waals surface area contributed by atoms with Gasteiger partial charge in [-0.25, -0.2) is 18.2 Å². The van der Waals surface area contributed by atoms with Gasteiger partial charge in [0.15, 0.2) is 0 Å². The molecule has 2 aliphatic heterocycles. The van der Waals surface area contributed by atoms with Crippen molar-refractivity contribution in [3.63, 3.8) is 0 Å². The number of carboxylic acid groups (broad SMARTS) is 1. The highest BCUT2D eigenvalue weighted by molar-refractivity contribution is 7.91. The molecule has 3 fully saturated rings. The van der Waals surface area contributed by atoms with Gasteiger partial charge in [-0.1, -0.05) is 56.3 Å². The maximum absolute atomic E-state index is 15.2. The van der Waals surface area contributed by atoms with Gasteiger partial charge < -0.3 is 24.8 Å². The van der Waals surface area contributed by atoms with Crippen molar-refractivity contribution in [1.29, 1.82) is 0 Å². The van der Waals surface area contributed by atoms with E-state index < -0.39 is 86.4 Å². The lowest BCUT2D eigenvalue weighted by Crippen LogP contribution is -2.66. The number of hydrogen-bond donors (Lipinski definition) is 3. The van der Waals surface area contributed by atoms with Crippen molar-refractivity contribution >= 4 is 44.6 Å². The molecule has 4 amide bonds. The molecule has 0 radical (unpaired) electrons. The third-order valence-electron chi connectivity index (χ3n) is 12.7. The number of aromatic nitrogens is 1. The monoisotopic (exact) mass is 883 g/mol. The topological polar surface area (TPSA) is 185 Å². The molecule has 334 valence electrons. The van der Waals surface area contributed by atoms with E-state index >= 15 is 4.79 Å². The number of sulfonamides is 1. The van der Waals surface area contributed by atoms with Crippen molar-refractivity contribution in [2.45, 2.75) is 113 Å². The number of fused-ring (bicyclic) bond motifs is 3. The Morgan fingerprint density at radius 1 is 1.03 bits per heavy atom. The van der Waals surface area contributed by atoms with Crippen LogP contribution in [-0.4, -0.2) is 106 Å². The number of amides is 4. The molecule has 2 aromatic carbocycles. The van der Waals surface area contributed by atoms with Crippen LogP contribution in [0.5, 0.6) is 11.6 Å². The smallest absolute Gasteiger partial charge is 0.411 e. The summed E-state index contributed by atoms with van der Waals surface area (Å²) >= 11 is 0. The number of halogens is 3. The molecule has 3 aromatic rings. The second-order valence-corrected chi connectivity index (χ2v) is 19.6. The molecule has 1 saturated heterocycles. The SMILES string of the molecule is COc1ccc2c(O[C@@H]3C[C@H]4C(=O)N[C@]5(C(=O)NS(=O)(=O)C6CC6)C[C@H]5C=CCC[C@H](C)C[C@@H](C)[C@H](N(C(=O)O)C(C)(C)C(F)(F)F)C(=O)N4C3)nc(-c3ccccc3)cc2c1. The van der Waals surface area contributed by atoms with Crippen molar-refractivity contribution in [2.24, 2.45) is 17.8 Å². The minimum Gasteiger partial charge on any atom is -0.497 e. The third kappa shape index (κ3) is 8.79. The Morgan fingerprint density at radius 3 is 2.39 bits per heavy atom. The lowest BCUT2D eigenvalue weighted by molar-refractivity contribution is -0.222. The zero-order chi connectivity index (χ0) is 44.9. The van der Waals surface area contributed by atoms with E-state index in [2.05, 4.69) is 10.0 Å². The molecule has 3 N–H and O–H groups in total. The standard InChI is InChI=1S/C44H52F3N5O9S/c1-25-11-9-10-14-29-23-43(29,40(55)50-62(58,59)32-16-17-32)49-37(53)35-22-31(24-51(35)39(54)36(26(2)19-25)52(41(56)57)42(3,4)44(45,46)47)61-38-33-18-15-30(60-5)20-28(33)21-34(48-38)27-12-7-6-8-13-27/h6-8,10,12-15,18,20-21,25-26,29,31-32,35-36H,9,11,16-17,19,22-24H2,1-5H3,(H,49,53)(H,50,55)(H,56,57)/t25-,26+,29+,31+,35-,36-,43+/m0/s1. The molecule has 0 unspecified atom stereocenters. The van der Waals surface area contributed by atoms with Crippen LogP contribution in [-0.2, 0) is 24.4 Å². The van der Waals surface area contributed by atoms with Crippen molar-refractivity contribution < 1.29 is 55.3 Å². The van der Waals surface area contributed by atoms with Crippen LogP contribution < -0.4 is 19.5 Å². The van der Waals surface area contributed by atoms with Gasteiger partial charge in [0, 0.05) is 23.3 Å². The lowest BCUT2D eigenvalue weighted by Gasteiger charge is -2.45. The summed E-state index contributed by atoms with van der Waals surface area (Å²) in [6, 6.07) is 12.9. The Morgan fingerprint density at radius 2 is 1.74 bits per heavy atom. The van der Waals surface area contributed by atoms with E-state index in [0.717, 1.165) is 10.5 Å². The molecule has 0 spiro atoms. The Bertz CT molecular complexity index is 2380. The van der Waals surface area contributed by atoms with E-state index in [9.17, 15) is 41.1 Å². The van der Waals surface area contributed by atoms with Crippen molar-refractivity contribution in [3.05, 3.63) is 66.7 Å². The van der Waals surface area contributed by atoms with E-state index in [4.69, 9.17) is 14.5 Å². The first-order chi connectivity index (χ1) is 29.2. The Balaban J connectivity index is 1.32. The van der Waals surface area contributed by atoms with E-state index in [0.29, 0.717) is 61.7 Å².